The van der Waals surface area contributed by atoms with E-state index >= 15 is 0 Å². The standard InChI is InChI=1S/C22H19ClN2O2/c1-2-3-12-25-16-11-7-4-8-13(16)17-18(25)21-22(27,20(23)19(17)26)14-9-5-6-10-15(14)24-21/h4-11,20,27H,2-3,12H2,1H3/t20-,22-/m1/s1. The van der Waals surface area contributed by atoms with E-state index in [4.69, 9.17) is 16.6 Å². The lowest BCUT2D eigenvalue weighted by molar-refractivity contribution is 0.0744. The number of rotatable bonds is 3. The molecule has 0 bridgehead atoms. The second kappa shape index (κ2) is 5.78. The van der Waals surface area contributed by atoms with Crippen molar-refractivity contribution in [2.45, 2.75) is 37.3 Å². The summed E-state index contributed by atoms with van der Waals surface area (Å²) in [5.41, 5.74) is 2.45. The van der Waals surface area contributed by atoms with Gasteiger partial charge in [-0.1, -0.05) is 49.7 Å². The third-order valence-electron chi connectivity index (χ3n) is 5.68. The molecule has 4 nitrogen and oxygen atoms in total. The summed E-state index contributed by atoms with van der Waals surface area (Å²) in [5.74, 6) is -0.240. The van der Waals surface area contributed by atoms with Crippen LogP contribution in [0.4, 0.5) is 5.69 Å². The second-order valence-corrected chi connectivity index (χ2v) is 7.65. The Morgan fingerprint density at radius 1 is 1.19 bits per heavy atom. The quantitative estimate of drug-likeness (QED) is 0.679. The molecule has 0 amide bonds. The number of aliphatic imine (C=N–C) groups is 1. The molecule has 3 aromatic rings. The van der Waals surface area contributed by atoms with Crippen LogP contribution in [0.25, 0.3) is 10.9 Å². The molecule has 1 aliphatic heterocycles. The van der Waals surface area contributed by atoms with E-state index in [1.54, 1.807) is 6.07 Å². The van der Waals surface area contributed by atoms with E-state index in [1.807, 2.05) is 42.5 Å². The molecule has 5 rings (SSSR count). The van der Waals surface area contributed by atoms with Crippen molar-refractivity contribution in [3.8, 4) is 0 Å². The summed E-state index contributed by atoms with van der Waals surface area (Å²) >= 11 is 6.59. The maximum atomic E-state index is 13.3. The number of fused-ring (bicyclic) bond motifs is 7. The Balaban J connectivity index is 1.88. The zero-order valence-corrected chi connectivity index (χ0v) is 15.7. The number of hydrogen-bond donors (Lipinski definition) is 1. The highest BCUT2D eigenvalue weighted by Gasteiger charge is 2.56. The first kappa shape index (κ1) is 16.7. The number of carbonyl (C=O) groups is 1. The molecule has 0 saturated heterocycles. The normalized spacial score (nSPS) is 23.1. The highest BCUT2D eigenvalue weighted by Crippen LogP contribution is 2.50. The number of hydrogen-bond acceptors (Lipinski definition) is 3. The molecule has 1 aliphatic carbocycles. The zero-order valence-electron chi connectivity index (χ0n) is 14.9. The molecule has 2 aromatic carbocycles. The monoisotopic (exact) mass is 378 g/mol. The van der Waals surface area contributed by atoms with Crippen LogP contribution >= 0.6 is 11.6 Å². The highest BCUT2D eigenvalue weighted by atomic mass is 35.5. The minimum atomic E-state index is -1.60. The zero-order chi connectivity index (χ0) is 18.8. The van der Waals surface area contributed by atoms with E-state index in [0.717, 1.165) is 30.3 Å². The van der Waals surface area contributed by atoms with Crippen molar-refractivity contribution in [2.24, 2.45) is 4.99 Å². The molecular formula is C22H19ClN2O2. The molecule has 0 fully saturated rings. The maximum absolute atomic E-state index is 13.3. The van der Waals surface area contributed by atoms with Gasteiger partial charge in [-0.2, -0.15) is 0 Å². The lowest BCUT2D eigenvalue weighted by Crippen LogP contribution is -2.51. The Morgan fingerprint density at radius 2 is 1.93 bits per heavy atom. The average molecular weight is 379 g/mol. The van der Waals surface area contributed by atoms with Gasteiger partial charge in [0.05, 0.1) is 16.9 Å². The number of aromatic nitrogens is 1. The Labute approximate surface area is 162 Å². The second-order valence-electron chi connectivity index (χ2n) is 7.22. The fourth-order valence-corrected chi connectivity index (χ4v) is 4.71. The van der Waals surface area contributed by atoms with Crippen LogP contribution in [0.1, 0.15) is 41.4 Å². The predicted molar refractivity (Wildman–Crippen MR) is 107 cm³/mol. The van der Waals surface area contributed by atoms with Gasteiger partial charge in [0.2, 0.25) is 0 Å². The van der Waals surface area contributed by atoms with Gasteiger partial charge in [0.15, 0.2) is 11.4 Å². The summed E-state index contributed by atoms with van der Waals surface area (Å²) < 4.78 is 2.13. The van der Waals surface area contributed by atoms with Crippen LogP contribution in [-0.2, 0) is 12.1 Å². The molecule has 0 unspecified atom stereocenters. The fraction of sp³-hybridized carbons (Fsp3) is 0.273. The molecule has 5 heteroatoms. The summed E-state index contributed by atoms with van der Waals surface area (Å²) in [6, 6.07) is 15.2. The molecule has 27 heavy (non-hydrogen) atoms. The SMILES string of the molecule is CCCCn1c2c(c3ccccc31)C(=O)[C@@H](Cl)[C@@]1(O)C2=Nc2ccccc21. The molecule has 2 heterocycles. The van der Waals surface area contributed by atoms with Crippen LogP contribution in [0.5, 0.6) is 0 Å². The van der Waals surface area contributed by atoms with Crippen LogP contribution in [0.2, 0.25) is 0 Å². The summed E-state index contributed by atoms with van der Waals surface area (Å²) in [4.78, 5) is 18.1. The minimum absolute atomic E-state index is 0.240. The third-order valence-corrected chi connectivity index (χ3v) is 6.20. The molecule has 0 radical (unpaired) electrons. The van der Waals surface area contributed by atoms with Crippen molar-refractivity contribution < 1.29 is 9.90 Å². The number of halogens is 1. The third kappa shape index (κ3) is 2.03. The van der Waals surface area contributed by atoms with Gasteiger partial charge in [0.25, 0.3) is 0 Å². The number of nitrogens with zero attached hydrogens (tertiary/aromatic N) is 2. The van der Waals surface area contributed by atoms with Gasteiger partial charge in [0.1, 0.15) is 11.1 Å². The van der Waals surface area contributed by atoms with E-state index in [9.17, 15) is 9.90 Å². The number of unbranched alkanes of at least 4 members (excludes halogenated alkanes) is 1. The number of ketones is 1. The van der Waals surface area contributed by atoms with Crippen LogP contribution in [0, 0.1) is 0 Å². The molecule has 1 N–H and O–H groups in total. The van der Waals surface area contributed by atoms with Crippen LogP contribution < -0.4 is 0 Å². The van der Waals surface area contributed by atoms with Crippen molar-refractivity contribution in [3.05, 3.63) is 65.4 Å². The maximum Gasteiger partial charge on any atom is 0.187 e. The largest absolute Gasteiger partial charge is 0.377 e. The van der Waals surface area contributed by atoms with Crippen molar-refractivity contribution in [1.82, 2.24) is 4.57 Å². The Bertz CT molecular complexity index is 1130. The van der Waals surface area contributed by atoms with E-state index < -0.39 is 11.0 Å². The van der Waals surface area contributed by atoms with Gasteiger partial charge in [-0.3, -0.25) is 4.79 Å². The van der Waals surface area contributed by atoms with Crippen molar-refractivity contribution in [2.75, 3.05) is 0 Å². The molecule has 0 spiro atoms. The molecule has 2 atom stereocenters. The number of Topliss-reactive ketones (excluding diaryl/α,β-unsaturated/α-hetero) is 1. The first-order valence-electron chi connectivity index (χ1n) is 9.30. The van der Waals surface area contributed by atoms with Gasteiger partial charge < -0.3 is 9.67 Å². The topological polar surface area (TPSA) is 54.6 Å². The molecular weight excluding hydrogens is 360 g/mol. The lowest BCUT2D eigenvalue weighted by Gasteiger charge is -2.34. The number of benzene rings is 2. The first-order valence-corrected chi connectivity index (χ1v) is 9.73. The number of para-hydroxylation sites is 2. The van der Waals surface area contributed by atoms with Gasteiger partial charge in [-0.15, -0.1) is 11.6 Å². The van der Waals surface area contributed by atoms with Crippen molar-refractivity contribution >= 4 is 39.7 Å². The van der Waals surface area contributed by atoms with E-state index in [1.165, 1.54) is 0 Å². The minimum Gasteiger partial charge on any atom is -0.377 e. The molecule has 136 valence electrons. The van der Waals surface area contributed by atoms with Gasteiger partial charge in [-0.05, 0) is 18.6 Å². The summed E-state index contributed by atoms with van der Waals surface area (Å²) in [6.45, 7) is 2.90. The van der Waals surface area contributed by atoms with Crippen molar-refractivity contribution in [3.63, 3.8) is 0 Å². The van der Waals surface area contributed by atoms with Gasteiger partial charge >= 0.3 is 0 Å². The lowest BCUT2D eigenvalue weighted by atomic mass is 9.77. The summed E-state index contributed by atoms with van der Waals surface area (Å²) in [5, 5.41) is 11.4. The Morgan fingerprint density at radius 3 is 2.74 bits per heavy atom. The van der Waals surface area contributed by atoms with E-state index in [2.05, 4.69) is 11.5 Å². The predicted octanol–water partition coefficient (Wildman–Crippen LogP) is 4.57. The van der Waals surface area contributed by atoms with E-state index in [-0.39, 0.29) is 5.78 Å². The van der Waals surface area contributed by atoms with Gasteiger partial charge in [0, 0.05) is 23.0 Å². The van der Waals surface area contributed by atoms with Crippen LogP contribution in [0.3, 0.4) is 0 Å². The van der Waals surface area contributed by atoms with E-state index in [0.29, 0.717) is 28.2 Å². The highest BCUT2D eigenvalue weighted by molar-refractivity contribution is 6.43. The molecule has 0 saturated carbocycles. The number of aliphatic hydroxyl groups is 1. The molecule has 2 aliphatic rings. The summed E-state index contributed by atoms with van der Waals surface area (Å²) in [6.07, 6.45) is 2.01. The van der Waals surface area contributed by atoms with Crippen molar-refractivity contribution in [1.29, 1.82) is 0 Å². The van der Waals surface area contributed by atoms with Gasteiger partial charge in [-0.25, -0.2) is 4.99 Å². The fourth-order valence-electron chi connectivity index (χ4n) is 4.38. The number of aryl methyl sites for hydroxylation is 1. The average Bonchev–Trinajstić information content (AvgIpc) is 3.18. The summed E-state index contributed by atoms with van der Waals surface area (Å²) in [7, 11) is 0. The van der Waals surface area contributed by atoms with Crippen LogP contribution in [0.15, 0.2) is 53.5 Å². The first-order chi connectivity index (χ1) is 13.1. The van der Waals surface area contributed by atoms with Crippen LogP contribution in [-0.4, -0.2) is 26.5 Å². The Hall–Kier alpha value is -2.43. The number of alkyl halides is 1. The molecule has 1 aromatic heterocycles. The number of carbonyl (C=O) groups excluding carboxylic acids is 1. The Kier molecular flexibility index (Phi) is 3.58. The smallest absolute Gasteiger partial charge is 0.187 e.